The molecule has 2 rings (SSSR count). The van der Waals surface area contributed by atoms with Crippen molar-refractivity contribution in [3.05, 3.63) is 35.4 Å². The minimum Gasteiger partial charge on any atom is -0.376 e. The number of nitrogens with two attached hydrogens (primary N) is 1. The average Bonchev–Trinajstić information content (AvgIpc) is 2.34. The summed E-state index contributed by atoms with van der Waals surface area (Å²) in [6.07, 6.45) is 0.526. The van der Waals surface area contributed by atoms with Crippen molar-refractivity contribution in [2.45, 2.75) is 31.5 Å². The van der Waals surface area contributed by atoms with Crippen molar-refractivity contribution < 1.29 is 18.3 Å². The first kappa shape index (κ1) is 13.9. The highest BCUT2D eigenvalue weighted by Crippen LogP contribution is 2.23. The van der Waals surface area contributed by atoms with Gasteiger partial charge in [0.1, 0.15) is 11.6 Å². The van der Waals surface area contributed by atoms with E-state index in [1.165, 1.54) is 0 Å². The Morgan fingerprint density at radius 2 is 2.05 bits per heavy atom. The highest BCUT2D eigenvalue weighted by atomic mass is 19.1. The van der Waals surface area contributed by atoms with Gasteiger partial charge in [-0.15, -0.1) is 0 Å². The Kier molecular flexibility index (Phi) is 4.11. The van der Waals surface area contributed by atoms with E-state index in [9.17, 15) is 13.6 Å². The van der Waals surface area contributed by atoms with Crippen LogP contribution in [0.1, 0.15) is 23.7 Å². The van der Waals surface area contributed by atoms with Gasteiger partial charge in [-0.3, -0.25) is 4.79 Å². The number of carbonyl (C=O) groups excluding carboxylic acids is 1. The molecule has 1 aromatic carbocycles. The number of benzene rings is 1. The van der Waals surface area contributed by atoms with E-state index < -0.39 is 17.5 Å². The molecule has 0 radical (unpaired) electrons. The molecule has 1 aromatic rings. The van der Waals surface area contributed by atoms with Gasteiger partial charge in [0.2, 0.25) is 0 Å². The molecule has 0 aliphatic heterocycles. The third kappa shape index (κ3) is 3.08. The lowest BCUT2D eigenvalue weighted by Crippen LogP contribution is -2.64. The first-order valence-electron chi connectivity index (χ1n) is 6.15. The standard InChI is InChI=1S/C13H16F2N2O2/c1-2-19-11-6-10(16)12(11)17-13(18)7-3-8(14)5-9(15)4-7/h3-5,10-12H,2,6,16H2,1H3,(H,17,18). The SMILES string of the molecule is CCOC1CC(N)C1NC(=O)c1cc(F)cc(F)c1. The topological polar surface area (TPSA) is 64.3 Å². The molecule has 3 unspecified atom stereocenters. The Balaban J connectivity index is 2.04. The monoisotopic (exact) mass is 270 g/mol. The van der Waals surface area contributed by atoms with Gasteiger partial charge in [0.25, 0.3) is 5.91 Å². The van der Waals surface area contributed by atoms with Crippen LogP contribution in [0.5, 0.6) is 0 Å². The van der Waals surface area contributed by atoms with Crippen LogP contribution in [-0.4, -0.2) is 30.7 Å². The summed E-state index contributed by atoms with van der Waals surface area (Å²) in [4.78, 5) is 11.9. The van der Waals surface area contributed by atoms with Crippen LogP contribution >= 0.6 is 0 Å². The van der Waals surface area contributed by atoms with E-state index in [1.807, 2.05) is 6.92 Å². The summed E-state index contributed by atoms with van der Waals surface area (Å²) in [7, 11) is 0. The molecule has 0 spiro atoms. The fraction of sp³-hybridized carbons (Fsp3) is 0.462. The average molecular weight is 270 g/mol. The Morgan fingerprint density at radius 3 is 2.58 bits per heavy atom. The van der Waals surface area contributed by atoms with Crippen molar-refractivity contribution in [3.63, 3.8) is 0 Å². The molecule has 19 heavy (non-hydrogen) atoms. The quantitative estimate of drug-likeness (QED) is 0.864. The number of rotatable bonds is 4. The summed E-state index contributed by atoms with van der Waals surface area (Å²) in [6.45, 7) is 2.38. The van der Waals surface area contributed by atoms with Crippen LogP contribution in [0.25, 0.3) is 0 Å². The number of ether oxygens (including phenoxy) is 1. The molecule has 104 valence electrons. The molecular formula is C13H16F2N2O2. The lowest BCUT2D eigenvalue weighted by atomic mass is 9.83. The summed E-state index contributed by atoms with van der Waals surface area (Å²) in [6, 6.07) is 2.17. The van der Waals surface area contributed by atoms with E-state index in [4.69, 9.17) is 10.5 Å². The number of hydrogen-bond donors (Lipinski definition) is 2. The van der Waals surface area contributed by atoms with Crippen LogP contribution in [0.2, 0.25) is 0 Å². The fourth-order valence-corrected chi connectivity index (χ4v) is 2.15. The lowest BCUT2D eigenvalue weighted by Gasteiger charge is -2.42. The zero-order valence-electron chi connectivity index (χ0n) is 10.5. The zero-order valence-corrected chi connectivity index (χ0v) is 10.5. The van der Waals surface area contributed by atoms with Crippen LogP contribution in [-0.2, 0) is 4.74 Å². The second-order valence-corrected chi connectivity index (χ2v) is 4.55. The smallest absolute Gasteiger partial charge is 0.251 e. The van der Waals surface area contributed by atoms with Gasteiger partial charge >= 0.3 is 0 Å². The lowest BCUT2D eigenvalue weighted by molar-refractivity contribution is -0.0300. The molecule has 4 nitrogen and oxygen atoms in total. The van der Waals surface area contributed by atoms with Crippen LogP contribution in [0.3, 0.4) is 0 Å². The second kappa shape index (κ2) is 5.63. The summed E-state index contributed by atoms with van der Waals surface area (Å²) in [5, 5.41) is 2.65. The maximum Gasteiger partial charge on any atom is 0.251 e. The van der Waals surface area contributed by atoms with Crippen LogP contribution < -0.4 is 11.1 Å². The number of nitrogens with one attached hydrogen (secondary N) is 1. The molecule has 3 N–H and O–H groups in total. The summed E-state index contributed by atoms with van der Waals surface area (Å²) < 4.78 is 31.5. The Morgan fingerprint density at radius 1 is 1.42 bits per heavy atom. The fourth-order valence-electron chi connectivity index (χ4n) is 2.15. The molecule has 0 aromatic heterocycles. The number of hydrogen-bond acceptors (Lipinski definition) is 3. The minimum absolute atomic E-state index is 0.0631. The van der Waals surface area contributed by atoms with Gasteiger partial charge in [0.15, 0.2) is 0 Å². The maximum absolute atomic E-state index is 13.0. The van der Waals surface area contributed by atoms with E-state index in [0.29, 0.717) is 13.0 Å². The van der Waals surface area contributed by atoms with E-state index >= 15 is 0 Å². The Hall–Kier alpha value is -1.53. The first-order valence-corrected chi connectivity index (χ1v) is 6.15. The number of amides is 1. The van der Waals surface area contributed by atoms with Gasteiger partial charge in [-0.2, -0.15) is 0 Å². The second-order valence-electron chi connectivity index (χ2n) is 4.55. The highest BCUT2D eigenvalue weighted by molar-refractivity contribution is 5.94. The van der Waals surface area contributed by atoms with Crippen molar-refractivity contribution in [1.29, 1.82) is 0 Å². The highest BCUT2D eigenvalue weighted by Gasteiger charge is 2.40. The van der Waals surface area contributed by atoms with E-state index in [0.717, 1.165) is 18.2 Å². The van der Waals surface area contributed by atoms with Gasteiger partial charge in [-0.25, -0.2) is 8.78 Å². The van der Waals surface area contributed by atoms with Crippen LogP contribution in [0.15, 0.2) is 18.2 Å². The maximum atomic E-state index is 13.0. The molecule has 1 amide bonds. The van der Waals surface area contributed by atoms with Gasteiger partial charge < -0.3 is 15.8 Å². The van der Waals surface area contributed by atoms with E-state index in [1.54, 1.807) is 0 Å². The summed E-state index contributed by atoms with van der Waals surface area (Å²) >= 11 is 0. The number of carbonyl (C=O) groups is 1. The molecule has 0 saturated heterocycles. The summed E-state index contributed by atoms with van der Waals surface area (Å²) in [5.74, 6) is -2.13. The number of halogens is 2. The predicted molar refractivity (Wildman–Crippen MR) is 65.6 cm³/mol. The van der Waals surface area contributed by atoms with E-state index in [-0.39, 0.29) is 23.8 Å². The zero-order chi connectivity index (χ0) is 14.0. The van der Waals surface area contributed by atoms with Gasteiger partial charge in [0, 0.05) is 24.3 Å². The van der Waals surface area contributed by atoms with Crippen molar-refractivity contribution in [2.24, 2.45) is 5.73 Å². The molecule has 0 heterocycles. The molecule has 1 fully saturated rings. The first-order chi connectivity index (χ1) is 9.01. The van der Waals surface area contributed by atoms with E-state index in [2.05, 4.69) is 5.32 Å². The van der Waals surface area contributed by atoms with Crippen LogP contribution in [0, 0.1) is 11.6 Å². The van der Waals surface area contributed by atoms with Crippen LogP contribution in [0.4, 0.5) is 8.78 Å². The molecule has 3 atom stereocenters. The third-order valence-electron chi connectivity index (χ3n) is 3.17. The normalized spacial score (nSPS) is 25.8. The predicted octanol–water partition coefficient (Wildman–Crippen LogP) is 1.20. The summed E-state index contributed by atoms with van der Waals surface area (Å²) in [5.41, 5.74) is 5.72. The molecular weight excluding hydrogens is 254 g/mol. The van der Waals surface area contributed by atoms with Crippen molar-refractivity contribution in [3.8, 4) is 0 Å². The molecule has 1 aliphatic rings. The molecule has 0 bridgehead atoms. The van der Waals surface area contributed by atoms with Gasteiger partial charge in [0.05, 0.1) is 12.1 Å². The molecule has 1 saturated carbocycles. The van der Waals surface area contributed by atoms with Crippen molar-refractivity contribution in [1.82, 2.24) is 5.32 Å². The minimum atomic E-state index is -0.788. The van der Waals surface area contributed by atoms with Crippen molar-refractivity contribution >= 4 is 5.91 Å². The van der Waals surface area contributed by atoms with Crippen molar-refractivity contribution in [2.75, 3.05) is 6.61 Å². The third-order valence-corrected chi connectivity index (χ3v) is 3.17. The molecule has 1 aliphatic carbocycles. The Bertz CT molecular complexity index is 459. The van der Waals surface area contributed by atoms with Gasteiger partial charge in [-0.1, -0.05) is 0 Å². The largest absolute Gasteiger partial charge is 0.376 e. The molecule has 6 heteroatoms. The Labute approximate surface area is 109 Å². The van der Waals surface area contributed by atoms with Gasteiger partial charge in [-0.05, 0) is 25.5 Å².